The van der Waals surface area contributed by atoms with Gasteiger partial charge < -0.3 is 4.74 Å². The van der Waals surface area contributed by atoms with E-state index in [0.29, 0.717) is 6.23 Å². The summed E-state index contributed by atoms with van der Waals surface area (Å²) in [5, 5.41) is 0. The smallest absolute Gasteiger partial charge is 0.308 e. The molecule has 0 N–H and O–H groups in total. The standard InChI is InChI=1S/C9H18O2Si/c1-6-12(4,5)7-11-9(10)8(2)3/h6,8H,1,7H2,2-5H3. The van der Waals surface area contributed by atoms with Crippen molar-refractivity contribution in [3.05, 3.63) is 12.3 Å². The molecule has 0 bridgehead atoms. The van der Waals surface area contributed by atoms with Gasteiger partial charge in [-0.25, -0.2) is 0 Å². The molecule has 0 heterocycles. The molecular formula is C9H18O2Si. The number of carbonyl (C=O) groups is 1. The van der Waals surface area contributed by atoms with Crippen LogP contribution in [0.1, 0.15) is 13.8 Å². The SMILES string of the molecule is C=C[Si](C)(C)COC(=O)C(C)C. The molecule has 0 unspecified atom stereocenters. The molecule has 0 aliphatic carbocycles. The summed E-state index contributed by atoms with van der Waals surface area (Å²) in [5.41, 5.74) is 1.93. The lowest BCUT2D eigenvalue weighted by molar-refractivity contribution is -0.145. The maximum atomic E-state index is 11.1. The van der Waals surface area contributed by atoms with E-state index < -0.39 is 8.07 Å². The van der Waals surface area contributed by atoms with Crippen LogP contribution in [0.25, 0.3) is 0 Å². The van der Waals surface area contributed by atoms with Crippen molar-refractivity contribution in [2.75, 3.05) is 6.23 Å². The van der Waals surface area contributed by atoms with Gasteiger partial charge in [-0.05, 0) is 0 Å². The highest BCUT2D eigenvalue weighted by atomic mass is 28.3. The highest BCUT2D eigenvalue weighted by molar-refractivity contribution is 6.82. The first-order valence-corrected chi connectivity index (χ1v) is 7.48. The van der Waals surface area contributed by atoms with Crippen LogP contribution in [-0.2, 0) is 9.53 Å². The van der Waals surface area contributed by atoms with Crippen molar-refractivity contribution in [2.45, 2.75) is 26.9 Å². The highest BCUT2D eigenvalue weighted by Crippen LogP contribution is 2.05. The molecule has 0 saturated carbocycles. The van der Waals surface area contributed by atoms with E-state index in [4.69, 9.17) is 4.74 Å². The lowest BCUT2D eigenvalue weighted by Crippen LogP contribution is -2.32. The number of carbonyl (C=O) groups excluding carboxylic acids is 1. The Morgan fingerprint density at radius 2 is 2.08 bits per heavy atom. The minimum absolute atomic E-state index is 0.0281. The van der Waals surface area contributed by atoms with Gasteiger partial charge in [0, 0.05) is 0 Å². The van der Waals surface area contributed by atoms with Gasteiger partial charge in [0.1, 0.15) is 8.07 Å². The van der Waals surface area contributed by atoms with Crippen LogP contribution in [0.15, 0.2) is 12.3 Å². The van der Waals surface area contributed by atoms with Crippen LogP contribution < -0.4 is 0 Å². The minimum atomic E-state index is -1.47. The Labute approximate surface area is 75.6 Å². The highest BCUT2D eigenvalue weighted by Gasteiger charge is 2.19. The van der Waals surface area contributed by atoms with Crippen molar-refractivity contribution < 1.29 is 9.53 Å². The van der Waals surface area contributed by atoms with Gasteiger partial charge >= 0.3 is 5.97 Å². The Bertz CT molecular complexity index is 173. The van der Waals surface area contributed by atoms with Gasteiger partial charge in [-0.3, -0.25) is 4.79 Å². The zero-order valence-corrected chi connectivity index (χ0v) is 9.39. The average Bonchev–Trinajstić information content (AvgIpc) is 2.00. The zero-order valence-electron chi connectivity index (χ0n) is 8.39. The first-order valence-electron chi connectivity index (χ1n) is 4.19. The molecule has 0 amide bonds. The third-order valence-corrected chi connectivity index (χ3v) is 3.60. The summed E-state index contributed by atoms with van der Waals surface area (Å²) in [4.78, 5) is 11.1. The maximum Gasteiger partial charge on any atom is 0.308 e. The number of esters is 1. The number of hydrogen-bond donors (Lipinski definition) is 0. The summed E-state index contributed by atoms with van der Waals surface area (Å²) in [6.45, 7) is 11.6. The summed E-state index contributed by atoms with van der Waals surface area (Å²) in [5.74, 6) is -0.142. The van der Waals surface area contributed by atoms with E-state index in [1.165, 1.54) is 0 Å². The molecule has 0 fully saturated rings. The van der Waals surface area contributed by atoms with Crippen molar-refractivity contribution in [1.29, 1.82) is 0 Å². The summed E-state index contributed by atoms with van der Waals surface area (Å²) in [7, 11) is -1.47. The molecule has 0 saturated heterocycles. The second-order valence-corrected chi connectivity index (χ2v) is 8.63. The molecule has 12 heavy (non-hydrogen) atoms. The van der Waals surface area contributed by atoms with E-state index >= 15 is 0 Å². The second-order valence-electron chi connectivity index (χ2n) is 3.96. The van der Waals surface area contributed by atoms with Crippen LogP contribution >= 0.6 is 0 Å². The van der Waals surface area contributed by atoms with Crippen LogP contribution in [0.2, 0.25) is 13.1 Å². The molecule has 0 aromatic heterocycles. The molecule has 0 spiro atoms. The molecule has 0 radical (unpaired) electrons. The van der Waals surface area contributed by atoms with Crippen LogP contribution in [-0.4, -0.2) is 20.3 Å². The molecule has 0 aliphatic rings. The van der Waals surface area contributed by atoms with Crippen molar-refractivity contribution in [3.8, 4) is 0 Å². The maximum absolute atomic E-state index is 11.1. The summed E-state index contributed by atoms with van der Waals surface area (Å²) < 4.78 is 5.11. The van der Waals surface area contributed by atoms with Crippen molar-refractivity contribution >= 4 is 14.0 Å². The average molecular weight is 186 g/mol. The fourth-order valence-corrected chi connectivity index (χ4v) is 1.11. The van der Waals surface area contributed by atoms with Gasteiger partial charge in [0.05, 0.1) is 12.1 Å². The van der Waals surface area contributed by atoms with Gasteiger partial charge in [0.15, 0.2) is 0 Å². The second kappa shape index (κ2) is 4.45. The summed E-state index contributed by atoms with van der Waals surface area (Å²) in [6.07, 6.45) is 0.549. The van der Waals surface area contributed by atoms with Crippen LogP contribution in [0, 0.1) is 5.92 Å². The predicted octanol–water partition coefficient (Wildman–Crippen LogP) is 2.16. The monoisotopic (exact) mass is 186 g/mol. The normalized spacial score (nSPS) is 11.4. The van der Waals surface area contributed by atoms with Gasteiger partial charge in [-0.2, -0.15) is 0 Å². The lowest BCUT2D eigenvalue weighted by Gasteiger charge is -2.17. The van der Waals surface area contributed by atoms with Gasteiger partial charge in [-0.1, -0.05) is 32.6 Å². The van der Waals surface area contributed by atoms with Crippen molar-refractivity contribution in [2.24, 2.45) is 5.92 Å². The molecule has 0 aromatic rings. The first kappa shape index (κ1) is 11.4. The van der Waals surface area contributed by atoms with E-state index in [1.54, 1.807) is 0 Å². The van der Waals surface area contributed by atoms with E-state index in [-0.39, 0.29) is 11.9 Å². The summed E-state index contributed by atoms with van der Waals surface area (Å²) >= 11 is 0. The van der Waals surface area contributed by atoms with Gasteiger partial charge in [0.2, 0.25) is 0 Å². The molecular weight excluding hydrogens is 168 g/mol. The molecule has 70 valence electrons. The molecule has 0 aromatic carbocycles. The number of rotatable bonds is 4. The van der Waals surface area contributed by atoms with E-state index in [0.717, 1.165) is 0 Å². The Hall–Kier alpha value is -0.573. The Morgan fingerprint density at radius 3 is 2.42 bits per heavy atom. The number of hydrogen-bond acceptors (Lipinski definition) is 2. The molecule has 0 atom stereocenters. The quantitative estimate of drug-likeness (QED) is 0.497. The Kier molecular flexibility index (Phi) is 4.24. The Balaban J connectivity index is 3.83. The van der Waals surface area contributed by atoms with Gasteiger partial charge in [-0.15, -0.1) is 6.58 Å². The first-order chi connectivity index (χ1) is 5.39. The van der Waals surface area contributed by atoms with Crippen LogP contribution in [0.4, 0.5) is 0 Å². The van der Waals surface area contributed by atoms with E-state index in [1.807, 2.05) is 19.5 Å². The number of ether oxygens (including phenoxy) is 1. The van der Waals surface area contributed by atoms with E-state index in [9.17, 15) is 4.79 Å². The molecule has 2 nitrogen and oxygen atoms in total. The van der Waals surface area contributed by atoms with Crippen LogP contribution in [0.5, 0.6) is 0 Å². The third-order valence-electron chi connectivity index (χ3n) is 1.61. The minimum Gasteiger partial charge on any atom is -0.469 e. The third kappa shape index (κ3) is 4.33. The van der Waals surface area contributed by atoms with Crippen molar-refractivity contribution in [3.63, 3.8) is 0 Å². The van der Waals surface area contributed by atoms with E-state index in [2.05, 4.69) is 19.7 Å². The molecule has 0 aliphatic heterocycles. The van der Waals surface area contributed by atoms with Gasteiger partial charge in [0.25, 0.3) is 0 Å². The topological polar surface area (TPSA) is 26.3 Å². The molecule has 0 rings (SSSR count). The largest absolute Gasteiger partial charge is 0.469 e. The molecule has 3 heteroatoms. The fraction of sp³-hybridized carbons (Fsp3) is 0.667. The summed E-state index contributed by atoms with van der Waals surface area (Å²) in [6, 6.07) is 0. The Morgan fingerprint density at radius 1 is 1.58 bits per heavy atom. The lowest BCUT2D eigenvalue weighted by atomic mass is 10.2. The zero-order chi connectivity index (χ0) is 9.78. The van der Waals surface area contributed by atoms with Crippen molar-refractivity contribution in [1.82, 2.24) is 0 Å². The predicted molar refractivity (Wildman–Crippen MR) is 53.5 cm³/mol. The fourth-order valence-electron chi connectivity index (χ4n) is 0.483. The van der Waals surface area contributed by atoms with Crippen LogP contribution in [0.3, 0.4) is 0 Å².